The van der Waals surface area contributed by atoms with Gasteiger partial charge in [0.1, 0.15) is 10.7 Å². The molecule has 1 aromatic carbocycles. The van der Waals surface area contributed by atoms with Gasteiger partial charge in [-0.15, -0.1) is 0 Å². The Morgan fingerprint density at radius 2 is 1.96 bits per heavy atom. The van der Waals surface area contributed by atoms with Crippen molar-refractivity contribution in [2.75, 3.05) is 6.61 Å². The number of hydrogen-bond donors (Lipinski definition) is 1. The fourth-order valence-electron chi connectivity index (χ4n) is 3.69. The Balaban J connectivity index is 1.92. The molecule has 2 heterocycles. The first-order valence-electron chi connectivity index (χ1n) is 8.71. The Hall–Kier alpha value is -3.68. The van der Waals surface area contributed by atoms with Crippen LogP contribution >= 0.6 is 0 Å². The first-order chi connectivity index (χ1) is 13.4. The van der Waals surface area contributed by atoms with Crippen LogP contribution in [-0.2, 0) is 9.53 Å². The molecule has 1 atom stereocenters. The van der Waals surface area contributed by atoms with Gasteiger partial charge in [0.15, 0.2) is 5.78 Å². The number of furan rings is 1. The van der Waals surface area contributed by atoms with Crippen molar-refractivity contribution in [3.05, 3.63) is 80.2 Å². The second kappa shape index (κ2) is 6.49. The van der Waals surface area contributed by atoms with Crippen LogP contribution in [0.4, 0.5) is 5.88 Å². The van der Waals surface area contributed by atoms with Crippen LogP contribution < -0.4 is 5.32 Å². The third-order valence-electron chi connectivity index (χ3n) is 4.82. The SMILES string of the molecule is CCOC(=O)C1=C(C)NC2=C(C(=O)c3ccccc32)[C@H]1c1ccc([N+](=O)[O-])o1. The minimum Gasteiger partial charge on any atom is -0.463 e. The van der Waals surface area contributed by atoms with Crippen molar-refractivity contribution < 1.29 is 23.7 Å². The van der Waals surface area contributed by atoms with Crippen LogP contribution in [0.15, 0.2) is 57.7 Å². The van der Waals surface area contributed by atoms with E-state index in [0.29, 0.717) is 22.5 Å². The Labute approximate surface area is 159 Å². The molecule has 4 rings (SSSR count). The molecule has 0 bridgehead atoms. The number of allylic oxidation sites excluding steroid dienone is 2. The van der Waals surface area contributed by atoms with E-state index in [4.69, 9.17) is 9.15 Å². The molecule has 8 nitrogen and oxygen atoms in total. The van der Waals surface area contributed by atoms with E-state index in [1.807, 2.05) is 12.1 Å². The number of nitrogens with zero attached hydrogens (tertiary/aromatic N) is 1. The molecular weight excluding hydrogens is 364 g/mol. The molecule has 0 unspecified atom stereocenters. The summed E-state index contributed by atoms with van der Waals surface area (Å²) < 4.78 is 10.6. The Morgan fingerprint density at radius 3 is 2.61 bits per heavy atom. The fourth-order valence-corrected chi connectivity index (χ4v) is 3.69. The van der Waals surface area contributed by atoms with Gasteiger partial charge in [-0.25, -0.2) is 4.79 Å². The summed E-state index contributed by atoms with van der Waals surface area (Å²) in [4.78, 5) is 36.2. The van der Waals surface area contributed by atoms with Crippen LogP contribution in [0.5, 0.6) is 0 Å². The summed E-state index contributed by atoms with van der Waals surface area (Å²) in [5.41, 5.74) is 2.82. The van der Waals surface area contributed by atoms with Gasteiger partial charge in [-0.2, -0.15) is 0 Å². The predicted molar refractivity (Wildman–Crippen MR) is 98.3 cm³/mol. The molecule has 0 amide bonds. The molecule has 0 saturated carbocycles. The molecule has 2 aliphatic rings. The van der Waals surface area contributed by atoms with Gasteiger partial charge in [0, 0.05) is 22.4 Å². The van der Waals surface area contributed by atoms with E-state index in [2.05, 4.69) is 5.32 Å². The van der Waals surface area contributed by atoms with E-state index >= 15 is 0 Å². The van der Waals surface area contributed by atoms with Crippen molar-refractivity contribution in [3.8, 4) is 0 Å². The van der Waals surface area contributed by atoms with E-state index in [9.17, 15) is 19.7 Å². The maximum absolute atomic E-state index is 13.1. The van der Waals surface area contributed by atoms with Gasteiger partial charge in [-0.1, -0.05) is 24.3 Å². The topological polar surface area (TPSA) is 112 Å². The predicted octanol–water partition coefficient (Wildman–Crippen LogP) is 3.32. The Kier molecular flexibility index (Phi) is 4.11. The molecule has 1 aliphatic carbocycles. The van der Waals surface area contributed by atoms with E-state index in [1.54, 1.807) is 26.0 Å². The van der Waals surface area contributed by atoms with E-state index in [-0.39, 0.29) is 23.7 Å². The zero-order chi connectivity index (χ0) is 20.0. The van der Waals surface area contributed by atoms with Crippen molar-refractivity contribution in [2.24, 2.45) is 0 Å². The quantitative estimate of drug-likeness (QED) is 0.492. The summed E-state index contributed by atoms with van der Waals surface area (Å²) in [6, 6.07) is 9.72. The van der Waals surface area contributed by atoms with Gasteiger partial charge in [-0.05, 0) is 19.9 Å². The van der Waals surface area contributed by atoms with Crippen LogP contribution in [0, 0.1) is 10.1 Å². The van der Waals surface area contributed by atoms with E-state index in [1.165, 1.54) is 12.1 Å². The van der Waals surface area contributed by atoms with Gasteiger partial charge in [0.25, 0.3) is 0 Å². The third-order valence-corrected chi connectivity index (χ3v) is 4.82. The lowest BCUT2D eigenvalue weighted by atomic mass is 9.83. The molecule has 0 saturated heterocycles. The van der Waals surface area contributed by atoms with Gasteiger partial charge in [0.05, 0.1) is 29.9 Å². The number of nitro groups is 1. The number of rotatable bonds is 4. The number of benzene rings is 1. The maximum Gasteiger partial charge on any atom is 0.433 e. The minimum absolute atomic E-state index is 0.143. The van der Waals surface area contributed by atoms with Crippen LogP contribution in [0.25, 0.3) is 5.70 Å². The molecule has 1 aromatic heterocycles. The molecule has 2 aromatic rings. The number of dihydropyridines is 1. The van der Waals surface area contributed by atoms with Crippen molar-refractivity contribution >= 4 is 23.3 Å². The highest BCUT2D eigenvalue weighted by Gasteiger charge is 2.44. The van der Waals surface area contributed by atoms with Gasteiger partial charge < -0.3 is 14.5 Å². The lowest BCUT2D eigenvalue weighted by Gasteiger charge is -2.27. The molecule has 0 spiro atoms. The zero-order valence-corrected chi connectivity index (χ0v) is 15.1. The zero-order valence-electron chi connectivity index (χ0n) is 15.1. The molecule has 0 fully saturated rings. The second-order valence-electron chi connectivity index (χ2n) is 6.41. The number of ketones is 1. The molecule has 0 radical (unpaired) electrons. The van der Waals surface area contributed by atoms with Crippen molar-refractivity contribution in [3.63, 3.8) is 0 Å². The minimum atomic E-state index is -0.899. The number of Topliss-reactive ketones (excluding diaryl/α,β-unsaturated/α-hetero) is 1. The number of carbonyl (C=O) groups is 2. The lowest BCUT2D eigenvalue weighted by Crippen LogP contribution is -2.29. The highest BCUT2D eigenvalue weighted by molar-refractivity contribution is 6.23. The first kappa shape index (κ1) is 17.7. The highest BCUT2D eigenvalue weighted by atomic mass is 16.6. The number of ether oxygens (including phenoxy) is 1. The highest BCUT2D eigenvalue weighted by Crippen LogP contribution is 2.47. The van der Waals surface area contributed by atoms with Crippen molar-refractivity contribution in [1.29, 1.82) is 0 Å². The molecule has 142 valence electrons. The van der Waals surface area contributed by atoms with Gasteiger partial charge >= 0.3 is 11.9 Å². The van der Waals surface area contributed by atoms with E-state index < -0.39 is 22.7 Å². The average Bonchev–Trinajstić information content (AvgIpc) is 3.26. The number of esters is 1. The van der Waals surface area contributed by atoms with Crippen molar-refractivity contribution in [1.82, 2.24) is 5.32 Å². The summed E-state index contributed by atoms with van der Waals surface area (Å²) in [6.45, 7) is 3.53. The summed E-state index contributed by atoms with van der Waals surface area (Å²) in [6.07, 6.45) is 0. The molecule has 28 heavy (non-hydrogen) atoms. The monoisotopic (exact) mass is 380 g/mol. The smallest absolute Gasteiger partial charge is 0.433 e. The summed E-state index contributed by atoms with van der Waals surface area (Å²) in [5, 5.41) is 14.2. The Morgan fingerprint density at radius 1 is 1.25 bits per heavy atom. The first-order valence-corrected chi connectivity index (χ1v) is 8.71. The molecule has 8 heteroatoms. The molecule has 1 aliphatic heterocycles. The fraction of sp³-hybridized carbons (Fsp3) is 0.200. The number of hydrogen-bond acceptors (Lipinski definition) is 7. The van der Waals surface area contributed by atoms with Crippen molar-refractivity contribution in [2.45, 2.75) is 19.8 Å². The van der Waals surface area contributed by atoms with Crippen LogP contribution in [-0.4, -0.2) is 23.3 Å². The number of fused-ring (bicyclic) bond motifs is 2. The standard InChI is InChI=1S/C20H16N2O6/c1-3-27-20(24)15-10(2)21-18-11-6-4-5-7-12(11)19(23)17(18)16(15)13-8-9-14(28-13)22(25)26/h4-9,16,21H,3H2,1-2H3/t16-/m0/s1. The van der Waals surface area contributed by atoms with Crippen LogP contribution in [0.3, 0.4) is 0 Å². The molecular formula is C20H16N2O6. The van der Waals surface area contributed by atoms with Crippen LogP contribution in [0.1, 0.15) is 41.4 Å². The number of carbonyl (C=O) groups excluding carboxylic acids is 2. The normalized spacial score (nSPS) is 17.9. The number of nitrogens with one attached hydrogen (secondary N) is 1. The van der Waals surface area contributed by atoms with Crippen LogP contribution in [0.2, 0.25) is 0 Å². The Bertz CT molecular complexity index is 1090. The summed E-state index contributed by atoms with van der Waals surface area (Å²) in [5.74, 6) is -2.07. The third kappa shape index (κ3) is 2.53. The summed E-state index contributed by atoms with van der Waals surface area (Å²) in [7, 11) is 0. The average molecular weight is 380 g/mol. The lowest BCUT2D eigenvalue weighted by molar-refractivity contribution is -0.402. The van der Waals surface area contributed by atoms with Gasteiger partial charge in [0.2, 0.25) is 0 Å². The van der Waals surface area contributed by atoms with E-state index in [0.717, 1.165) is 5.56 Å². The molecule has 1 N–H and O–H groups in total. The largest absolute Gasteiger partial charge is 0.463 e. The summed E-state index contributed by atoms with van der Waals surface area (Å²) >= 11 is 0. The second-order valence-corrected chi connectivity index (χ2v) is 6.41. The van der Waals surface area contributed by atoms with Gasteiger partial charge in [-0.3, -0.25) is 14.9 Å². The maximum atomic E-state index is 13.1.